The number of amides is 3. The predicted molar refractivity (Wildman–Crippen MR) is 144 cm³/mol. The third kappa shape index (κ3) is 8.84. The molecule has 3 N–H and O–H groups in total. The molecule has 0 spiro atoms. The van der Waals surface area contributed by atoms with E-state index in [0.29, 0.717) is 10.6 Å². The molecule has 13 heteroatoms. The van der Waals surface area contributed by atoms with Crippen LogP contribution >= 0.6 is 11.6 Å². The maximum atomic E-state index is 13.6. The predicted octanol–water partition coefficient (Wildman–Crippen LogP) is 3.60. The highest BCUT2D eigenvalue weighted by molar-refractivity contribution is 6.30. The van der Waals surface area contributed by atoms with Gasteiger partial charge in [0.15, 0.2) is 0 Å². The van der Waals surface area contributed by atoms with Crippen LogP contribution in [0.25, 0.3) is 0 Å². The monoisotopic (exact) mass is 589 g/mol. The molecule has 1 heterocycles. The summed E-state index contributed by atoms with van der Waals surface area (Å²) in [6.45, 7) is 2.71. The largest absolute Gasteiger partial charge is 0.452 e. The lowest BCUT2D eigenvalue weighted by molar-refractivity contribution is -0.175. The molecule has 0 saturated carbocycles. The molecule has 3 aromatic rings. The smallest absolute Gasteiger partial charge is 0.344 e. The number of ketones is 1. The Hall–Kier alpha value is -4.32. The van der Waals surface area contributed by atoms with Crippen molar-refractivity contribution in [2.75, 3.05) is 0 Å². The molecule has 0 saturated heterocycles. The maximum Gasteiger partial charge on any atom is 0.452 e. The third-order valence-corrected chi connectivity index (χ3v) is 6.19. The first-order valence-corrected chi connectivity index (χ1v) is 12.8. The van der Waals surface area contributed by atoms with Crippen molar-refractivity contribution in [3.05, 3.63) is 95.0 Å². The van der Waals surface area contributed by atoms with Gasteiger partial charge in [0.2, 0.25) is 11.8 Å². The second kappa shape index (κ2) is 13.8. The van der Waals surface area contributed by atoms with Crippen molar-refractivity contribution in [1.82, 2.24) is 25.9 Å². The molecule has 216 valence electrons. The summed E-state index contributed by atoms with van der Waals surface area (Å²) in [7, 11) is 0. The molecule has 3 amide bonds. The summed E-state index contributed by atoms with van der Waals surface area (Å²) in [6.07, 6.45) is -1.37. The van der Waals surface area contributed by atoms with Gasteiger partial charge in [-0.2, -0.15) is 13.2 Å². The molecule has 41 heavy (non-hydrogen) atoms. The Morgan fingerprint density at radius 2 is 1.61 bits per heavy atom. The van der Waals surface area contributed by atoms with Gasteiger partial charge in [-0.25, -0.2) is 4.98 Å². The summed E-state index contributed by atoms with van der Waals surface area (Å²) in [5.41, 5.74) is 0.745. The highest BCUT2D eigenvalue weighted by Crippen LogP contribution is 2.22. The average Bonchev–Trinajstić information content (AvgIpc) is 2.94. The number of aromatic nitrogens is 2. The number of hydrogen-bond acceptors (Lipinski definition) is 6. The fourth-order valence-corrected chi connectivity index (χ4v) is 4.11. The Morgan fingerprint density at radius 1 is 0.902 bits per heavy atom. The van der Waals surface area contributed by atoms with Crippen LogP contribution in [-0.4, -0.2) is 51.7 Å². The minimum absolute atomic E-state index is 0.0529. The molecule has 9 nitrogen and oxygen atoms in total. The third-order valence-electron chi connectivity index (χ3n) is 5.95. The van der Waals surface area contributed by atoms with Gasteiger partial charge in [-0.1, -0.05) is 67.9 Å². The van der Waals surface area contributed by atoms with Crippen LogP contribution in [0.3, 0.4) is 0 Å². The zero-order valence-electron chi connectivity index (χ0n) is 22.0. The number of nitrogens with one attached hydrogen (secondary N) is 3. The first kappa shape index (κ1) is 31.2. The highest BCUT2D eigenvalue weighted by atomic mass is 35.5. The van der Waals surface area contributed by atoms with Crippen molar-refractivity contribution in [2.45, 2.75) is 44.6 Å². The first-order chi connectivity index (χ1) is 19.4. The van der Waals surface area contributed by atoms with E-state index < -0.39 is 53.7 Å². The van der Waals surface area contributed by atoms with Crippen LogP contribution in [0.1, 0.15) is 41.5 Å². The molecule has 0 aliphatic carbocycles. The molecule has 1 aromatic heterocycles. The van der Waals surface area contributed by atoms with Gasteiger partial charge in [-0.15, -0.1) is 0 Å². The molecule has 2 aromatic carbocycles. The quantitative estimate of drug-likeness (QED) is 0.313. The zero-order valence-corrected chi connectivity index (χ0v) is 22.7. The summed E-state index contributed by atoms with van der Waals surface area (Å²) in [6, 6.07) is 9.67. The summed E-state index contributed by atoms with van der Waals surface area (Å²) >= 11 is 6.08. The van der Waals surface area contributed by atoms with Crippen LogP contribution in [0.5, 0.6) is 0 Å². The van der Waals surface area contributed by atoms with E-state index >= 15 is 0 Å². The van der Waals surface area contributed by atoms with Gasteiger partial charge in [0.05, 0.1) is 12.2 Å². The lowest BCUT2D eigenvalue weighted by Gasteiger charge is -2.27. The second-order valence-corrected chi connectivity index (χ2v) is 9.83. The number of benzene rings is 2. The van der Waals surface area contributed by atoms with E-state index in [-0.39, 0.29) is 17.7 Å². The molecule has 3 atom stereocenters. The standard InChI is InChI=1S/C28H27ClF3N5O4/c1-16(2)22(24(38)28(30,31)32)36-27(41)23(18-8-4-3-5-9-18)37-25(39)20(14-17-7-6-10-19(29)13-17)35-26(40)21-15-33-11-12-34-21/h3-13,15-16,20,22-23H,14H2,1-2H3,(H,35,40)(H,36,41)(H,37,39)/t20-,22+,23+/m1/s1. The number of carbonyl (C=O) groups excluding carboxylic acids is 4. The number of Topliss-reactive ketones (excluding diaryl/α,β-unsaturated/α-hetero) is 1. The van der Waals surface area contributed by atoms with E-state index in [9.17, 15) is 32.3 Å². The fourth-order valence-electron chi connectivity index (χ4n) is 3.89. The lowest BCUT2D eigenvalue weighted by atomic mass is 9.97. The maximum absolute atomic E-state index is 13.6. The van der Waals surface area contributed by atoms with E-state index in [1.165, 1.54) is 44.6 Å². The van der Waals surface area contributed by atoms with Crippen LogP contribution in [0.15, 0.2) is 73.2 Å². The number of carbonyl (C=O) groups is 4. The van der Waals surface area contributed by atoms with Gasteiger partial charge >= 0.3 is 6.18 Å². The van der Waals surface area contributed by atoms with Gasteiger partial charge < -0.3 is 16.0 Å². The minimum Gasteiger partial charge on any atom is -0.344 e. The first-order valence-electron chi connectivity index (χ1n) is 12.4. The van der Waals surface area contributed by atoms with Gasteiger partial charge in [-0.3, -0.25) is 24.2 Å². The molecule has 0 bridgehead atoms. The molecular weight excluding hydrogens is 563 g/mol. The van der Waals surface area contributed by atoms with Gasteiger partial charge in [0.1, 0.15) is 17.8 Å². The highest BCUT2D eigenvalue weighted by Gasteiger charge is 2.45. The van der Waals surface area contributed by atoms with E-state index in [1.807, 2.05) is 0 Å². The summed E-state index contributed by atoms with van der Waals surface area (Å²) < 4.78 is 39.7. The summed E-state index contributed by atoms with van der Waals surface area (Å²) in [5.74, 6) is -5.61. The van der Waals surface area contributed by atoms with Crippen molar-refractivity contribution in [3.8, 4) is 0 Å². The average molecular weight is 590 g/mol. The topological polar surface area (TPSA) is 130 Å². The Bertz CT molecular complexity index is 1370. The molecule has 0 aliphatic rings. The number of hydrogen-bond donors (Lipinski definition) is 3. The Morgan fingerprint density at radius 3 is 2.20 bits per heavy atom. The molecular formula is C28H27ClF3N5O4. The van der Waals surface area contributed by atoms with E-state index in [4.69, 9.17) is 11.6 Å². The van der Waals surface area contributed by atoms with Crippen molar-refractivity contribution in [2.24, 2.45) is 5.92 Å². The van der Waals surface area contributed by atoms with Crippen molar-refractivity contribution in [3.63, 3.8) is 0 Å². The van der Waals surface area contributed by atoms with Crippen LogP contribution in [0.4, 0.5) is 13.2 Å². The number of nitrogens with zero attached hydrogens (tertiary/aromatic N) is 2. The molecule has 0 aliphatic heterocycles. The van der Waals surface area contributed by atoms with E-state index in [0.717, 1.165) is 0 Å². The Labute approximate surface area is 238 Å². The number of rotatable bonds is 11. The van der Waals surface area contributed by atoms with Gasteiger partial charge in [0.25, 0.3) is 11.7 Å². The summed E-state index contributed by atoms with van der Waals surface area (Å²) in [4.78, 5) is 59.5. The number of alkyl halides is 3. The number of halogens is 4. The Balaban J connectivity index is 1.92. The van der Waals surface area contributed by atoms with Crippen LogP contribution in [0.2, 0.25) is 5.02 Å². The van der Waals surface area contributed by atoms with Crippen LogP contribution in [0, 0.1) is 5.92 Å². The van der Waals surface area contributed by atoms with E-state index in [1.54, 1.807) is 42.5 Å². The van der Waals surface area contributed by atoms with Crippen molar-refractivity contribution in [1.29, 1.82) is 0 Å². The lowest BCUT2D eigenvalue weighted by Crippen LogP contribution is -2.55. The zero-order chi connectivity index (χ0) is 30.2. The van der Waals surface area contributed by atoms with Crippen molar-refractivity contribution >= 4 is 35.1 Å². The van der Waals surface area contributed by atoms with Crippen LogP contribution in [-0.2, 0) is 20.8 Å². The van der Waals surface area contributed by atoms with Crippen molar-refractivity contribution < 1.29 is 32.3 Å². The SMILES string of the molecule is CC(C)[C@H](NC(=O)[C@@H](NC(=O)[C@@H](Cc1cccc(Cl)c1)NC(=O)c1cnccn1)c1ccccc1)C(=O)C(F)(F)F. The van der Waals surface area contributed by atoms with Gasteiger partial charge in [-0.05, 0) is 29.2 Å². The molecule has 3 rings (SSSR count). The molecule has 0 fully saturated rings. The molecule has 0 radical (unpaired) electrons. The van der Waals surface area contributed by atoms with E-state index in [2.05, 4.69) is 25.9 Å². The summed E-state index contributed by atoms with van der Waals surface area (Å²) in [5, 5.41) is 7.61. The minimum atomic E-state index is -5.18. The normalized spacial score (nSPS) is 13.5. The molecule has 0 unspecified atom stereocenters. The Kier molecular flexibility index (Phi) is 10.5. The fraction of sp³-hybridized carbons (Fsp3) is 0.286. The second-order valence-electron chi connectivity index (χ2n) is 9.40. The van der Waals surface area contributed by atoms with Crippen LogP contribution < -0.4 is 16.0 Å². The van der Waals surface area contributed by atoms with Gasteiger partial charge in [0, 0.05) is 23.8 Å².